The predicted octanol–water partition coefficient (Wildman–Crippen LogP) is 2.98. The quantitative estimate of drug-likeness (QED) is 0.417. The number of nitrogens with zero attached hydrogens (tertiary/aromatic N) is 1. The van der Waals surface area contributed by atoms with E-state index in [0.717, 1.165) is 0 Å². The van der Waals surface area contributed by atoms with Crippen molar-refractivity contribution < 1.29 is 27.2 Å². The van der Waals surface area contributed by atoms with Gasteiger partial charge in [-0.3, -0.25) is 14.0 Å². The van der Waals surface area contributed by atoms with E-state index < -0.39 is 20.7 Å². The van der Waals surface area contributed by atoms with Crippen molar-refractivity contribution in [1.82, 2.24) is 4.90 Å². The molecule has 0 spiro atoms. The Balaban J connectivity index is 0. The average Bonchev–Trinajstić information content (AvgIpc) is 2.28. The standard InChI is InChI=1S/C11H27NO6P2.Na/c1-7-15-19(13,16-8-2)11(12(5)6)20(14,17-9-3)18-10-4;/h11H,7-10H2,1-6H3;. The summed E-state index contributed by atoms with van der Waals surface area (Å²) in [7, 11) is -4.03. The topological polar surface area (TPSA) is 74.3 Å². The normalized spacial score (nSPS) is 12.8. The second-order valence-electron chi connectivity index (χ2n) is 4.06. The molecule has 1 radical (unpaired) electrons. The van der Waals surface area contributed by atoms with Crippen molar-refractivity contribution in [1.29, 1.82) is 0 Å². The van der Waals surface area contributed by atoms with E-state index in [4.69, 9.17) is 18.1 Å². The van der Waals surface area contributed by atoms with E-state index >= 15 is 0 Å². The molecule has 0 aliphatic heterocycles. The van der Waals surface area contributed by atoms with Gasteiger partial charge in [-0.1, -0.05) is 0 Å². The van der Waals surface area contributed by atoms with E-state index in [2.05, 4.69) is 0 Å². The van der Waals surface area contributed by atoms with Crippen molar-refractivity contribution in [3.63, 3.8) is 0 Å². The van der Waals surface area contributed by atoms with Gasteiger partial charge in [-0.2, -0.15) is 0 Å². The SMILES string of the molecule is CCOP(=O)(OCC)C(N(C)C)P(=O)(OCC)OCC.[Na]. The molecule has 0 rings (SSSR count). The summed E-state index contributed by atoms with van der Waals surface area (Å²) in [6.45, 7) is 7.52. The zero-order valence-corrected chi connectivity index (χ0v) is 18.0. The fourth-order valence-corrected chi connectivity index (χ4v) is 7.24. The van der Waals surface area contributed by atoms with Crippen molar-refractivity contribution >= 4 is 44.7 Å². The van der Waals surface area contributed by atoms with Crippen LogP contribution in [0.25, 0.3) is 0 Å². The minimum absolute atomic E-state index is 0. The summed E-state index contributed by atoms with van der Waals surface area (Å²) in [6.07, 6.45) is 0. The fraction of sp³-hybridized carbons (Fsp3) is 1.00. The number of hydrogen-bond acceptors (Lipinski definition) is 7. The van der Waals surface area contributed by atoms with Crippen LogP contribution >= 0.6 is 15.2 Å². The molecule has 0 heterocycles. The first-order valence-electron chi connectivity index (χ1n) is 6.75. The van der Waals surface area contributed by atoms with E-state index in [0.29, 0.717) is 0 Å². The Hall–Kier alpha value is 1.26. The maximum absolute atomic E-state index is 12.9. The smallest absolute Gasteiger partial charge is 0.307 e. The van der Waals surface area contributed by atoms with Crippen molar-refractivity contribution in [3.8, 4) is 0 Å². The second-order valence-corrected chi connectivity index (χ2v) is 8.64. The van der Waals surface area contributed by atoms with Gasteiger partial charge in [-0.15, -0.1) is 0 Å². The summed E-state index contributed by atoms with van der Waals surface area (Å²) in [5.41, 5.74) is -1.09. The zero-order chi connectivity index (χ0) is 15.8. The average molecular weight is 354 g/mol. The van der Waals surface area contributed by atoms with E-state index in [-0.39, 0.29) is 56.0 Å². The molecule has 0 unspecified atom stereocenters. The molecular formula is C11H27NNaO6P2. The minimum atomic E-state index is -3.65. The van der Waals surface area contributed by atoms with Gasteiger partial charge in [0, 0.05) is 29.6 Å². The summed E-state index contributed by atoms with van der Waals surface area (Å²) in [5, 5.41) is 0. The first-order chi connectivity index (χ1) is 9.31. The van der Waals surface area contributed by atoms with E-state index in [1.807, 2.05) is 0 Å². The molecule has 123 valence electrons. The Morgan fingerprint density at radius 2 is 1.00 bits per heavy atom. The molecule has 0 aliphatic carbocycles. The summed E-state index contributed by atoms with van der Waals surface area (Å²) in [6, 6.07) is 0. The van der Waals surface area contributed by atoms with Gasteiger partial charge in [0.1, 0.15) is 0 Å². The van der Waals surface area contributed by atoms with Gasteiger partial charge < -0.3 is 18.1 Å². The van der Waals surface area contributed by atoms with E-state index in [9.17, 15) is 9.13 Å². The first kappa shape index (κ1) is 24.5. The Morgan fingerprint density at radius 3 is 1.14 bits per heavy atom. The second kappa shape index (κ2) is 11.7. The van der Waals surface area contributed by atoms with Crippen molar-refractivity contribution in [3.05, 3.63) is 0 Å². The minimum Gasteiger partial charge on any atom is -0.307 e. The van der Waals surface area contributed by atoms with Crippen LogP contribution in [0.5, 0.6) is 0 Å². The summed E-state index contributed by atoms with van der Waals surface area (Å²) >= 11 is 0. The summed E-state index contributed by atoms with van der Waals surface area (Å²) in [4.78, 5) is 1.51. The Bertz CT molecular complexity index is 319. The Labute approximate surface area is 150 Å². The molecule has 0 aliphatic rings. The predicted molar refractivity (Wildman–Crippen MR) is 84.9 cm³/mol. The van der Waals surface area contributed by atoms with Crippen LogP contribution in [0.3, 0.4) is 0 Å². The first-order valence-corrected chi connectivity index (χ1v) is 9.97. The van der Waals surface area contributed by atoms with Crippen LogP contribution in [-0.2, 0) is 27.2 Å². The Morgan fingerprint density at radius 1 is 0.762 bits per heavy atom. The molecule has 0 atom stereocenters. The summed E-state index contributed by atoms with van der Waals surface area (Å²) in [5.74, 6) is 0. The van der Waals surface area contributed by atoms with Gasteiger partial charge in [0.15, 0.2) is 0 Å². The van der Waals surface area contributed by atoms with Gasteiger partial charge in [-0.25, -0.2) is 0 Å². The van der Waals surface area contributed by atoms with Crippen LogP contribution in [0.1, 0.15) is 27.7 Å². The maximum atomic E-state index is 12.9. The van der Waals surface area contributed by atoms with Crippen LogP contribution in [0.15, 0.2) is 0 Å². The van der Waals surface area contributed by atoms with Gasteiger partial charge in [0.05, 0.1) is 26.4 Å². The van der Waals surface area contributed by atoms with Crippen LogP contribution in [0.2, 0.25) is 0 Å². The maximum Gasteiger partial charge on any atom is 0.360 e. The third-order valence-corrected chi connectivity index (χ3v) is 8.49. The van der Waals surface area contributed by atoms with Crippen LogP contribution < -0.4 is 0 Å². The van der Waals surface area contributed by atoms with Gasteiger partial charge >= 0.3 is 15.2 Å². The Kier molecular flexibility index (Phi) is 13.7. The molecule has 0 aromatic rings. The van der Waals surface area contributed by atoms with E-state index in [1.165, 1.54) is 4.90 Å². The molecule has 10 heteroatoms. The molecule has 0 saturated carbocycles. The molecule has 0 aromatic heterocycles. The molecule has 0 bridgehead atoms. The monoisotopic (exact) mass is 354 g/mol. The van der Waals surface area contributed by atoms with Crippen LogP contribution in [0.4, 0.5) is 0 Å². The third kappa shape index (κ3) is 7.13. The molecule has 0 amide bonds. The van der Waals surface area contributed by atoms with Gasteiger partial charge in [0.25, 0.3) is 0 Å². The number of hydrogen-bond donors (Lipinski definition) is 0. The van der Waals surface area contributed by atoms with Crippen molar-refractivity contribution in [2.75, 3.05) is 40.5 Å². The number of rotatable bonds is 11. The van der Waals surface area contributed by atoms with Gasteiger partial charge in [0.2, 0.25) is 5.52 Å². The molecule has 0 aromatic carbocycles. The molecule has 0 saturated heterocycles. The molecule has 0 fully saturated rings. The molecule has 0 N–H and O–H groups in total. The van der Waals surface area contributed by atoms with Crippen molar-refractivity contribution in [2.24, 2.45) is 0 Å². The van der Waals surface area contributed by atoms with Crippen LogP contribution in [-0.4, -0.2) is 80.5 Å². The van der Waals surface area contributed by atoms with Crippen LogP contribution in [0, 0.1) is 0 Å². The van der Waals surface area contributed by atoms with Gasteiger partial charge in [-0.05, 0) is 41.8 Å². The largest absolute Gasteiger partial charge is 0.360 e. The fourth-order valence-electron chi connectivity index (χ4n) is 1.80. The molecule has 7 nitrogen and oxygen atoms in total. The van der Waals surface area contributed by atoms with Crippen molar-refractivity contribution in [2.45, 2.75) is 33.2 Å². The summed E-state index contributed by atoms with van der Waals surface area (Å²) < 4.78 is 47.0. The third-order valence-electron chi connectivity index (χ3n) is 2.26. The molecule has 21 heavy (non-hydrogen) atoms. The van der Waals surface area contributed by atoms with E-state index in [1.54, 1.807) is 41.8 Å². The zero-order valence-electron chi connectivity index (χ0n) is 14.2. The molecular weight excluding hydrogens is 327 g/mol.